The van der Waals surface area contributed by atoms with E-state index in [1.165, 1.54) is 6.20 Å². The van der Waals surface area contributed by atoms with Crippen LogP contribution in [0.3, 0.4) is 0 Å². The number of hydrogen-bond acceptors (Lipinski definition) is 8. The molecule has 2 aromatic heterocycles. The first-order chi connectivity index (χ1) is 17.6. The maximum Gasteiger partial charge on any atom is 0.435 e. The van der Waals surface area contributed by atoms with Gasteiger partial charge in [0.2, 0.25) is 11.8 Å². The van der Waals surface area contributed by atoms with Gasteiger partial charge in [0.15, 0.2) is 5.13 Å². The molecule has 0 bridgehead atoms. The fraction of sp³-hybridized carbons (Fsp3) is 0.536. The van der Waals surface area contributed by atoms with Crippen LogP contribution < -0.4 is 15.0 Å². The van der Waals surface area contributed by atoms with Crippen LogP contribution in [-0.2, 0) is 11.3 Å². The molecule has 1 aromatic carbocycles. The number of nitrogens with zero attached hydrogens (tertiary/aromatic N) is 4. The largest absolute Gasteiger partial charge is 0.472 e. The van der Waals surface area contributed by atoms with Gasteiger partial charge in [-0.05, 0) is 78.5 Å². The van der Waals surface area contributed by atoms with Gasteiger partial charge in [-0.25, -0.2) is 4.79 Å². The third-order valence-corrected chi connectivity index (χ3v) is 8.04. The third kappa shape index (κ3) is 5.29. The van der Waals surface area contributed by atoms with Gasteiger partial charge in [-0.2, -0.15) is 14.1 Å². The second-order valence-corrected chi connectivity index (χ2v) is 13.6. The van der Waals surface area contributed by atoms with Crippen LogP contribution in [0.1, 0.15) is 66.9 Å². The molecule has 204 valence electrons. The lowest BCUT2D eigenvalue weighted by molar-refractivity contribution is 0.0511. The predicted octanol–water partition coefficient (Wildman–Crippen LogP) is 6.23. The minimum Gasteiger partial charge on any atom is -0.472 e. The predicted molar refractivity (Wildman–Crippen MR) is 147 cm³/mol. The quantitative estimate of drug-likeness (QED) is 0.421. The smallest absolute Gasteiger partial charge is 0.435 e. The maximum absolute atomic E-state index is 14.7. The summed E-state index contributed by atoms with van der Waals surface area (Å²) < 4.78 is 27.0. The Hall–Kier alpha value is -2.98. The molecule has 8 nitrogen and oxygen atoms in total. The number of carbonyl (C=O) groups excluding carboxylic acids is 1. The highest BCUT2D eigenvalue weighted by Crippen LogP contribution is 2.46. The van der Waals surface area contributed by atoms with Crippen molar-refractivity contribution in [2.75, 3.05) is 11.9 Å². The van der Waals surface area contributed by atoms with Crippen LogP contribution in [0.25, 0.3) is 21.6 Å². The van der Waals surface area contributed by atoms with Gasteiger partial charge in [0, 0.05) is 35.9 Å². The second-order valence-electron chi connectivity index (χ2n) is 12.6. The normalized spacial score (nSPS) is 18.3. The Kier molecular flexibility index (Phi) is 6.34. The Bertz CT molecular complexity index is 1370. The third-order valence-electron chi connectivity index (χ3n) is 6.88. The van der Waals surface area contributed by atoms with E-state index < -0.39 is 17.6 Å². The van der Waals surface area contributed by atoms with E-state index in [2.05, 4.69) is 50.1 Å². The zero-order valence-corrected chi connectivity index (χ0v) is 24.1. The van der Waals surface area contributed by atoms with Crippen LogP contribution in [0, 0.1) is 5.95 Å². The van der Waals surface area contributed by atoms with Gasteiger partial charge in [-0.1, -0.05) is 23.5 Å². The van der Waals surface area contributed by atoms with Gasteiger partial charge in [0.05, 0.1) is 5.56 Å². The molecule has 0 unspecified atom stereocenters. The molecule has 10 heteroatoms. The van der Waals surface area contributed by atoms with Gasteiger partial charge in [0.25, 0.3) is 0 Å². The number of aromatic nitrogens is 3. The second kappa shape index (κ2) is 9.05. The molecule has 38 heavy (non-hydrogen) atoms. The Labute approximate surface area is 227 Å². The minimum absolute atomic E-state index is 0.0314. The number of hydrogen-bond donors (Lipinski definition) is 1. The number of ether oxygens (including phenoxy) is 2. The van der Waals surface area contributed by atoms with E-state index in [9.17, 15) is 9.18 Å². The summed E-state index contributed by atoms with van der Waals surface area (Å²) in [4.78, 5) is 20.4. The zero-order valence-electron chi connectivity index (χ0n) is 23.3. The number of thiazole rings is 1. The fourth-order valence-corrected chi connectivity index (χ4v) is 6.71. The first-order valence-corrected chi connectivity index (χ1v) is 13.7. The number of carbonyl (C=O) groups is 1. The molecule has 3 aromatic rings. The molecule has 5 rings (SSSR count). The summed E-state index contributed by atoms with van der Waals surface area (Å²) in [5.74, 6) is -0.101. The van der Waals surface area contributed by atoms with Gasteiger partial charge in [-0.3, -0.25) is 0 Å². The zero-order chi connectivity index (χ0) is 27.6. The lowest BCUT2D eigenvalue weighted by Crippen LogP contribution is -2.61. The lowest BCUT2D eigenvalue weighted by Gasteiger charge is -2.48. The molecule has 2 aliphatic heterocycles. The molecule has 4 heterocycles. The average molecular weight is 542 g/mol. The molecule has 0 aliphatic carbocycles. The topological polar surface area (TPSA) is 81.5 Å². The summed E-state index contributed by atoms with van der Waals surface area (Å²) in [6.07, 6.45) is 2.67. The molecule has 0 radical (unpaired) electrons. The summed E-state index contributed by atoms with van der Waals surface area (Å²) in [6, 6.07) is 6.04. The Morgan fingerprint density at radius 1 is 1.21 bits per heavy atom. The van der Waals surface area contributed by atoms with Crippen LogP contribution in [0.4, 0.5) is 14.3 Å². The Balaban J connectivity index is 1.41. The molecule has 0 saturated carbocycles. The Morgan fingerprint density at radius 2 is 1.89 bits per heavy atom. The van der Waals surface area contributed by atoms with Gasteiger partial charge in [-0.15, -0.1) is 5.10 Å². The molecule has 1 saturated heterocycles. The molecule has 0 atom stereocenters. The van der Waals surface area contributed by atoms with Crippen LogP contribution in [0.2, 0.25) is 0 Å². The lowest BCUT2D eigenvalue weighted by atomic mass is 9.79. The summed E-state index contributed by atoms with van der Waals surface area (Å²) >= 11 is 1.62. The van der Waals surface area contributed by atoms with Crippen molar-refractivity contribution in [2.45, 2.75) is 90.6 Å². The van der Waals surface area contributed by atoms with E-state index >= 15 is 0 Å². The number of anilines is 1. The van der Waals surface area contributed by atoms with E-state index in [0.717, 1.165) is 38.7 Å². The molecule has 1 N–H and O–H groups in total. The average Bonchev–Trinajstić information content (AvgIpc) is 3.39. The summed E-state index contributed by atoms with van der Waals surface area (Å²) in [5.41, 5.74) is 2.16. The molecule has 1 fully saturated rings. The number of halogens is 1. The molecule has 2 aliphatic rings. The van der Waals surface area contributed by atoms with Crippen LogP contribution in [0.5, 0.6) is 5.88 Å². The summed E-state index contributed by atoms with van der Waals surface area (Å²) in [7, 11) is 2.11. The van der Waals surface area contributed by atoms with Crippen molar-refractivity contribution < 1.29 is 18.7 Å². The van der Waals surface area contributed by atoms with Crippen molar-refractivity contribution in [1.82, 2.24) is 20.1 Å². The minimum atomic E-state index is -0.734. The first kappa shape index (κ1) is 26.6. The monoisotopic (exact) mass is 541 g/mol. The fourth-order valence-electron chi connectivity index (χ4n) is 5.61. The highest BCUT2D eigenvalue weighted by molar-refractivity contribution is 7.19. The van der Waals surface area contributed by atoms with E-state index in [0.29, 0.717) is 24.1 Å². The number of rotatable bonds is 3. The number of nitrogens with one attached hydrogen (secondary N) is 1. The molecular formula is C28H36FN5O3S. The number of benzene rings is 1. The van der Waals surface area contributed by atoms with Crippen molar-refractivity contribution in [2.24, 2.45) is 0 Å². The van der Waals surface area contributed by atoms with Crippen LogP contribution in [0.15, 0.2) is 24.4 Å². The van der Waals surface area contributed by atoms with Crippen LogP contribution >= 0.6 is 11.3 Å². The van der Waals surface area contributed by atoms with Crippen molar-refractivity contribution >= 4 is 22.6 Å². The maximum atomic E-state index is 14.7. The number of fused-ring (bicyclic) bond motifs is 3. The van der Waals surface area contributed by atoms with Crippen molar-refractivity contribution in [3.05, 3.63) is 35.9 Å². The summed E-state index contributed by atoms with van der Waals surface area (Å²) in [5, 5.41) is 8.40. The van der Waals surface area contributed by atoms with Crippen molar-refractivity contribution in [1.29, 1.82) is 0 Å². The van der Waals surface area contributed by atoms with Crippen LogP contribution in [-0.4, -0.2) is 50.6 Å². The molecule has 0 amide bonds. The standard InChI is InChI=1S/C28H36FN5O3S/c1-26(2,3)37-25(35)34-14-20(22(29)31-34)16-9-10-19-17(11-16)15-36-23-21(19)38-24(30-23)33(8)18-12-27(4,5)32-28(6,7)13-18/h9-11,14,18,32H,12-13,15H2,1-8H3. The highest BCUT2D eigenvalue weighted by atomic mass is 32.1. The number of piperidine rings is 1. The van der Waals surface area contributed by atoms with Gasteiger partial charge in [0.1, 0.15) is 17.1 Å². The molecular weight excluding hydrogens is 505 g/mol. The van der Waals surface area contributed by atoms with E-state index in [1.807, 2.05) is 18.2 Å². The highest BCUT2D eigenvalue weighted by Gasteiger charge is 2.40. The van der Waals surface area contributed by atoms with E-state index in [-0.39, 0.29) is 16.6 Å². The van der Waals surface area contributed by atoms with Gasteiger partial charge >= 0.3 is 6.09 Å². The molecule has 0 spiro atoms. The Morgan fingerprint density at radius 3 is 2.55 bits per heavy atom. The van der Waals surface area contributed by atoms with Crippen molar-refractivity contribution in [3.8, 4) is 27.4 Å². The summed E-state index contributed by atoms with van der Waals surface area (Å²) in [6.45, 7) is 14.6. The SMILES string of the molecule is CN(c1nc2c(s1)-c1ccc(-c3cn(C(=O)OC(C)(C)C)nc3F)cc1CO2)C1CC(C)(C)NC(C)(C)C1. The van der Waals surface area contributed by atoms with E-state index in [1.54, 1.807) is 32.1 Å². The first-order valence-electron chi connectivity index (χ1n) is 12.9. The van der Waals surface area contributed by atoms with Gasteiger partial charge < -0.3 is 19.7 Å². The van der Waals surface area contributed by atoms with Crippen molar-refractivity contribution in [3.63, 3.8) is 0 Å². The van der Waals surface area contributed by atoms with E-state index in [4.69, 9.17) is 14.5 Å².